The fraction of sp³-hybridized carbons (Fsp3) is 0.435. The summed E-state index contributed by atoms with van der Waals surface area (Å²) in [5, 5.41) is 2.69. The average molecular weight is 427 g/mol. The minimum Gasteiger partial charge on any atom is -0.491 e. The number of amides is 2. The number of hydrogen-bond acceptors (Lipinski definition) is 5. The number of ether oxygens (including phenoxy) is 1. The van der Waals surface area contributed by atoms with Gasteiger partial charge in [0.25, 0.3) is 11.5 Å². The third-order valence-corrected chi connectivity index (χ3v) is 5.50. The largest absolute Gasteiger partial charge is 0.491 e. The highest BCUT2D eigenvalue weighted by Crippen LogP contribution is 2.25. The first kappa shape index (κ1) is 22.6. The SMILES string of the molecule is Cc1cc(C(=O)NC(C)C(=O)N2Cc3ccccc3OCC2CN(C)C)c(=O)[nH]c1C. The highest BCUT2D eigenvalue weighted by Gasteiger charge is 2.32. The third-order valence-electron chi connectivity index (χ3n) is 5.50. The summed E-state index contributed by atoms with van der Waals surface area (Å²) in [5.74, 6) is -0.0264. The number of aryl methyl sites for hydroxylation is 2. The van der Waals surface area contributed by atoms with Crippen LogP contribution in [-0.2, 0) is 11.3 Å². The number of benzene rings is 1. The third kappa shape index (κ3) is 5.14. The molecular formula is C23H30N4O4. The molecular weight excluding hydrogens is 396 g/mol. The van der Waals surface area contributed by atoms with Crippen LogP contribution in [-0.4, -0.2) is 65.9 Å². The standard InChI is InChI=1S/C23H30N4O4/c1-14-10-19(21(28)24-15(14)2)22(29)25-16(3)23(30)27-11-17-8-6-7-9-20(17)31-13-18(27)12-26(4)5/h6-10,16,18H,11-13H2,1-5H3,(H,24,28)(H,25,29). The topological polar surface area (TPSA) is 94.7 Å². The summed E-state index contributed by atoms with van der Waals surface area (Å²) in [7, 11) is 3.88. The predicted molar refractivity (Wildman–Crippen MR) is 118 cm³/mol. The van der Waals surface area contributed by atoms with E-state index in [1.807, 2.05) is 50.2 Å². The molecule has 2 N–H and O–H groups in total. The van der Waals surface area contributed by atoms with E-state index in [4.69, 9.17) is 4.74 Å². The zero-order valence-corrected chi connectivity index (χ0v) is 18.7. The Balaban J connectivity index is 1.81. The number of H-pyrrole nitrogens is 1. The molecule has 2 unspecified atom stereocenters. The number of carbonyl (C=O) groups is 2. The van der Waals surface area contributed by atoms with E-state index in [0.29, 0.717) is 25.4 Å². The first-order valence-electron chi connectivity index (χ1n) is 10.3. The van der Waals surface area contributed by atoms with Crippen LogP contribution in [0.2, 0.25) is 0 Å². The van der Waals surface area contributed by atoms with E-state index in [1.165, 1.54) is 0 Å². The maximum atomic E-state index is 13.4. The molecule has 31 heavy (non-hydrogen) atoms. The molecule has 2 aromatic rings. The number of carbonyl (C=O) groups excluding carboxylic acids is 2. The Kier molecular flexibility index (Phi) is 6.80. The van der Waals surface area contributed by atoms with Crippen molar-refractivity contribution in [1.29, 1.82) is 0 Å². The van der Waals surface area contributed by atoms with Crippen molar-refractivity contribution >= 4 is 11.8 Å². The molecule has 166 valence electrons. The van der Waals surface area contributed by atoms with Crippen LogP contribution < -0.4 is 15.6 Å². The lowest BCUT2D eigenvalue weighted by molar-refractivity contribution is -0.136. The number of nitrogens with zero attached hydrogens (tertiary/aromatic N) is 2. The van der Waals surface area contributed by atoms with Crippen molar-refractivity contribution in [2.45, 2.75) is 39.4 Å². The zero-order valence-electron chi connectivity index (χ0n) is 18.7. The summed E-state index contributed by atoms with van der Waals surface area (Å²) >= 11 is 0. The van der Waals surface area contributed by atoms with Gasteiger partial charge in [-0.25, -0.2) is 0 Å². The van der Waals surface area contributed by atoms with E-state index in [1.54, 1.807) is 24.8 Å². The predicted octanol–water partition coefficient (Wildman–Crippen LogP) is 1.46. The molecule has 0 saturated carbocycles. The average Bonchev–Trinajstić information content (AvgIpc) is 2.89. The summed E-state index contributed by atoms with van der Waals surface area (Å²) in [4.78, 5) is 44.7. The lowest BCUT2D eigenvalue weighted by atomic mass is 10.1. The minimum atomic E-state index is -0.802. The van der Waals surface area contributed by atoms with Crippen LogP contribution in [0.5, 0.6) is 5.75 Å². The van der Waals surface area contributed by atoms with Crippen molar-refractivity contribution in [2.24, 2.45) is 0 Å². The zero-order chi connectivity index (χ0) is 22.7. The Labute approximate surface area is 182 Å². The summed E-state index contributed by atoms with van der Waals surface area (Å²) in [5.41, 5.74) is 1.96. The van der Waals surface area contributed by atoms with Crippen molar-refractivity contribution in [1.82, 2.24) is 20.1 Å². The van der Waals surface area contributed by atoms with Crippen LogP contribution in [0.15, 0.2) is 35.1 Å². The molecule has 2 atom stereocenters. The quantitative estimate of drug-likeness (QED) is 0.755. The van der Waals surface area contributed by atoms with Gasteiger partial charge in [-0.05, 0) is 52.6 Å². The number of pyridine rings is 1. The Bertz CT molecular complexity index is 1030. The van der Waals surface area contributed by atoms with E-state index in [0.717, 1.165) is 16.9 Å². The number of fused-ring (bicyclic) bond motifs is 1. The molecule has 0 fully saturated rings. The highest BCUT2D eigenvalue weighted by molar-refractivity contribution is 5.97. The van der Waals surface area contributed by atoms with Crippen molar-refractivity contribution in [2.75, 3.05) is 27.2 Å². The van der Waals surface area contributed by atoms with Crippen molar-refractivity contribution in [3.8, 4) is 5.75 Å². The Morgan fingerprint density at radius 3 is 2.71 bits per heavy atom. The normalized spacial score (nSPS) is 16.8. The molecule has 0 spiro atoms. The van der Waals surface area contributed by atoms with E-state index < -0.39 is 17.5 Å². The Hall–Kier alpha value is -3.13. The van der Waals surface area contributed by atoms with Crippen molar-refractivity contribution < 1.29 is 14.3 Å². The van der Waals surface area contributed by atoms with E-state index >= 15 is 0 Å². The molecule has 2 amide bonds. The van der Waals surface area contributed by atoms with Gasteiger partial charge >= 0.3 is 0 Å². The van der Waals surface area contributed by atoms with Gasteiger partial charge in [-0.1, -0.05) is 18.2 Å². The lowest BCUT2D eigenvalue weighted by Crippen LogP contribution is -2.54. The fourth-order valence-electron chi connectivity index (χ4n) is 3.67. The Morgan fingerprint density at radius 1 is 1.29 bits per heavy atom. The van der Waals surface area contributed by atoms with Gasteiger partial charge in [-0.15, -0.1) is 0 Å². The first-order chi connectivity index (χ1) is 14.7. The number of likely N-dealkylation sites (N-methyl/N-ethyl adjacent to an activating group) is 1. The number of para-hydroxylation sites is 1. The van der Waals surface area contributed by atoms with Crippen LogP contribution in [0.3, 0.4) is 0 Å². The molecule has 0 radical (unpaired) electrons. The van der Waals surface area contributed by atoms with Crippen LogP contribution >= 0.6 is 0 Å². The molecule has 3 rings (SSSR count). The van der Waals surface area contributed by atoms with Crippen LogP contribution in [0.1, 0.15) is 34.1 Å². The van der Waals surface area contributed by atoms with Gasteiger partial charge in [0.15, 0.2) is 0 Å². The maximum absolute atomic E-state index is 13.4. The molecule has 0 bridgehead atoms. The number of rotatable bonds is 5. The van der Waals surface area contributed by atoms with Crippen LogP contribution in [0.25, 0.3) is 0 Å². The van der Waals surface area contributed by atoms with Gasteiger partial charge in [-0.3, -0.25) is 14.4 Å². The molecule has 8 heteroatoms. The smallest absolute Gasteiger partial charge is 0.261 e. The summed E-state index contributed by atoms with van der Waals surface area (Å²) in [6.45, 7) is 6.60. The van der Waals surface area contributed by atoms with Gasteiger partial charge in [0.1, 0.15) is 24.0 Å². The summed E-state index contributed by atoms with van der Waals surface area (Å²) in [6.07, 6.45) is 0. The summed E-state index contributed by atoms with van der Waals surface area (Å²) in [6, 6.07) is 8.21. The van der Waals surface area contributed by atoms with Crippen LogP contribution in [0, 0.1) is 13.8 Å². The second-order valence-corrected chi connectivity index (χ2v) is 8.32. The molecule has 1 aromatic carbocycles. The van der Waals surface area contributed by atoms with E-state index in [9.17, 15) is 14.4 Å². The van der Waals surface area contributed by atoms with Crippen LogP contribution in [0.4, 0.5) is 0 Å². The molecule has 1 aliphatic heterocycles. The molecule has 1 aliphatic rings. The first-order valence-corrected chi connectivity index (χ1v) is 10.3. The fourth-order valence-corrected chi connectivity index (χ4v) is 3.67. The molecule has 0 saturated heterocycles. The van der Waals surface area contributed by atoms with Gasteiger partial charge in [0.2, 0.25) is 5.91 Å². The second kappa shape index (κ2) is 9.34. The van der Waals surface area contributed by atoms with Crippen molar-refractivity contribution in [3.63, 3.8) is 0 Å². The minimum absolute atomic E-state index is 0.00265. The number of aromatic amines is 1. The molecule has 0 aliphatic carbocycles. The lowest BCUT2D eigenvalue weighted by Gasteiger charge is -2.33. The second-order valence-electron chi connectivity index (χ2n) is 8.32. The van der Waals surface area contributed by atoms with Gasteiger partial charge in [0.05, 0.1) is 6.04 Å². The number of aromatic nitrogens is 1. The molecule has 1 aromatic heterocycles. The van der Waals surface area contributed by atoms with E-state index in [-0.39, 0.29) is 17.5 Å². The number of nitrogens with one attached hydrogen (secondary N) is 2. The summed E-state index contributed by atoms with van der Waals surface area (Å²) < 4.78 is 5.96. The highest BCUT2D eigenvalue weighted by atomic mass is 16.5. The monoisotopic (exact) mass is 426 g/mol. The van der Waals surface area contributed by atoms with Crippen molar-refractivity contribution in [3.05, 3.63) is 63.1 Å². The molecule has 2 heterocycles. The molecule has 8 nitrogen and oxygen atoms in total. The van der Waals surface area contributed by atoms with Gasteiger partial charge in [0, 0.05) is 24.3 Å². The van der Waals surface area contributed by atoms with Gasteiger partial charge in [-0.2, -0.15) is 0 Å². The number of hydrogen-bond donors (Lipinski definition) is 2. The Morgan fingerprint density at radius 2 is 2.00 bits per heavy atom. The van der Waals surface area contributed by atoms with E-state index in [2.05, 4.69) is 10.3 Å². The van der Waals surface area contributed by atoms with Gasteiger partial charge < -0.3 is 24.8 Å². The maximum Gasteiger partial charge on any atom is 0.261 e.